The minimum absolute atomic E-state index is 0.000366. The topological polar surface area (TPSA) is 68.5 Å². The maximum Gasteiger partial charge on any atom is 0.240 e. The smallest absolute Gasteiger partial charge is 0.240 e. The zero-order chi connectivity index (χ0) is 15.5. The Kier molecular flexibility index (Phi) is 4.64. The number of ether oxygens (including phenoxy) is 1. The summed E-state index contributed by atoms with van der Waals surface area (Å²) in [6, 6.07) is 4.93. The molecule has 2 rings (SSSR count). The number of hydrogen-bond donors (Lipinski definition) is 1. The van der Waals surface area contributed by atoms with Gasteiger partial charge in [-0.05, 0) is 43.2 Å². The molecule has 0 radical (unpaired) electrons. The van der Waals surface area contributed by atoms with E-state index in [1.165, 1.54) is 25.5 Å². The molecular weight excluding hydrogens is 297 g/mol. The highest BCUT2D eigenvalue weighted by Crippen LogP contribution is 2.20. The molecule has 0 aliphatic carbocycles. The molecule has 0 fully saturated rings. The summed E-state index contributed by atoms with van der Waals surface area (Å²) in [5.74, 6) is -0.719. The summed E-state index contributed by atoms with van der Waals surface area (Å²) in [4.78, 5) is -0.139. The first-order valence-corrected chi connectivity index (χ1v) is 7.77. The maximum absolute atomic E-state index is 13.6. The highest BCUT2D eigenvalue weighted by atomic mass is 32.2. The molecule has 0 aliphatic rings. The number of nitrogens with one attached hydrogen (secondary N) is 1. The molecule has 0 aliphatic heterocycles. The van der Waals surface area contributed by atoms with E-state index in [0.717, 1.165) is 11.6 Å². The average Bonchev–Trinajstić information content (AvgIpc) is 2.90. The van der Waals surface area contributed by atoms with E-state index in [4.69, 9.17) is 9.15 Å². The van der Waals surface area contributed by atoms with Crippen LogP contribution in [-0.4, -0.2) is 21.6 Å². The van der Waals surface area contributed by atoms with Crippen LogP contribution >= 0.6 is 0 Å². The largest absolute Gasteiger partial charge is 0.494 e. The van der Waals surface area contributed by atoms with Crippen molar-refractivity contribution < 1.29 is 22.0 Å². The summed E-state index contributed by atoms with van der Waals surface area (Å²) in [5, 5.41) is 0. The van der Waals surface area contributed by atoms with Crippen molar-refractivity contribution in [1.29, 1.82) is 0 Å². The van der Waals surface area contributed by atoms with E-state index in [2.05, 4.69) is 4.72 Å². The van der Waals surface area contributed by atoms with Gasteiger partial charge in [0, 0.05) is 6.04 Å². The SMILES string of the molecule is COc1ccc(S(=O)(=O)NC(C)Cc2ccoc2)cc1F. The van der Waals surface area contributed by atoms with Crippen LogP contribution < -0.4 is 9.46 Å². The predicted octanol–water partition coefficient (Wildman–Crippen LogP) is 2.34. The predicted molar refractivity (Wildman–Crippen MR) is 75.1 cm³/mol. The summed E-state index contributed by atoms with van der Waals surface area (Å²) in [6.07, 6.45) is 3.56. The second-order valence-electron chi connectivity index (χ2n) is 4.65. The lowest BCUT2D eigenvalue weighted by molar-refractivity contribution is 0.385. The van der Waals surface area contributed by atoms with Crippen LogP contribution in [0, 0.1) is 5.82 Å². The Morgan fingerprint density at radius 3 is 2.71 bits per heavy atom. The molecule has 0 saturated carbocycles. The first-order valence-electron chi connectivity index (χ1n) is 6.29. The quantitative estimate of drug-likeness (QED) is 0.889. The maximum atomic E-state index is 13.6. The summed E-state index contributed by atoms with van der Waals surface area (Å²) in [6.45, 7) is 1.73. The van der Waals surface area contributed by atoms with Crippen molar-refractivity contribution in [3.8, 4) is 5.75 Å². The van der Waals surface area contributed by atoms with Gasteiger partial charge in [0.1, 0.15) is 0 Å². The Labute approximate surface area is 122 Å². The molecule has 114 valence electrons. The van der Waals surface area contributed by atoms with Crippen molar-refractivity contribution in [3.05, 3.63) is 48.2 Å². The molecule has 1 heterocycles. The normalized spacial score (nSPS) is 13.1. The van der Waals surface area contributed by atoms with Crippen molar-refractivity contribution in [1.82, 2.24) is 4.72 Å². The second kappa shape index (κ2) is 6.28. The molecule has 5 nitrogen and oxygen atoms in total. The molecule has 21 heavy (non-hydrogen) atoms. The molecule has 0 saturated heterocycles. The van der Waals surface area contributed by atoms with Crippen LogP contribution in [0.25, 0.3) is 0 Å². The van der Waals surface area contributed by atoms with Crippen molar-refractivity contribution in [3.63, 3.8) is 0 Å². The summed E-state index contributed by atoms with van der Waals surface area (Å²) < 4.78 is 50.1. The molecule has 7 heteroatoms. The molecule has 1 aromatic carbocycles. The monoisotopic (exact) mass is 313 g/mol. The number of benzene rings is 1. The molecular formula is C14H16FNO4S. The Bertz CT molecular complexity index is 698. The lowest BCUT2D eigenvalue weighted by Crippen LogP contribution is -2.34. The molecule has 2 aromatic rings. The van der Waals surface area contributed by atoms with Crippen LogP contribution in [0.15, 0.2) is 46.1 Å². The number of hydrogen-bond acceptors (Lipinski definition) is 4. The van der Waals surface area contributed by atoms with E-state index in [1.807, 2.05) is 0 Å². The van der Waals surface area contributed by atoms with Gasteiger partial charge in [0.15, 0.2) is 11.6 Å². The number of halogens is 1. The second-order valence-corrected chi connectivity index (χ2v) is 6.37. The van der Waals surface area contributed by atoms with E-state index < -0.39 is 15.8 Å². The van der Waals surface area contributed by atoms with Gasteiger partial charge in [-0.15, -0.1) is 0 Å². The lowest BCUT2D eigenvalue weighted by Gasteiger charge is -2.14. The molecule has 1 aromatic heterocycles. The first-order chi connectivity index (χ1) is 9.92. The van der Waals surface area contributed by atoms with Gasteiger partial charge < -0.3 is 9.15 Å². The fourth-order valence-electron chi connectivity index (χ4n) is 1.95. The fourth-order valence-corrected chi connectivity index (χ4v) is 3.21. The van der Waals surface area contributed by atoms with Crippen molar-refractivity contribution >= 4 is 10.0 Å². The third-order valence-corrected chi connectivity index (χ3v) is 4.50. The van der Waals surface area contributed by atoms with Crippen LogP contribution in [0.5, 0.6) is 5.75 Å². The van der Waals surface area contributed by atoms with Crippen molar-refractivity contribution in [2.45, 2.75) is 24.3 Å². The molecule has 1 atom stereocenters. The zero-order valence-corrected chi connectivity index (χ0v) is 12.5. The minimum atomic E-state index is -3.79. The summed E-state index contributed by atoms with van der Waals surface area (Å²) in [7, 11) is -2.47. The third kappa shape index (κ3) is 3.83. The number of furan rings is 1. The molecule has 0 spiro atoms. The average molecular weight is 313 g/mol. The number of sulfonamides is 1. The van der Waals surface area contributed by atoms with Gasteiger partial charge in [0.25, 0.3) is 0 Å². The standard InChI is InChI=1S/C14H16FNO4S/c1-10(7-11-5-6-20-9-11)16-21(17,18)12-3-4-14(19-2)13(15)8-12/h3-6,8-10,16H,7H2,1-2H3. The Morgan fingerprint density at radius 1 is 1.38 bits per heavy atom. The third-order valence-electron chi connectivity index (χ3n) is 2.91. The zero-order valence-electron chi connectivity index (χ0n) is 11.7. The van der Waals surface area contributed by atoms with Gasteiger partial charge in [-0.1, -0.05) is 0 Å². The van der Waals surface area contributed by atoms with Gasteiger partial charge in [0.2, 0.25) is 10.0 Å². The van der Waals surface area contributed by atoms with E-state index in [1.54, 1.807) is 19.3 Å². The van der Waals surface area contributed by atoms with E-state index >= 15 is 0 Å². The van der Waals surface area contributed by atoms with Crippen LogP contribution in [0.1, 0.15) is 12.5 Å². The van der Waals surface area contributed by atoms with Crippen LogP contribution in [0.2, 0.25) is 0 Å². The highest BCUT2D eigenvalue weighted by molar-refractivity contribution is 7.89. The van der Waals surface area contributed by atoms with Crippen LogP contribution in [0.3, 0.4) is 0 Å². The van der Waals surface area contributed by atoms with Gasteiger partial charge >= 0.3 is 0 Å². The lowest BCUT2D eigenvalue weighted by atomic mass is 10.1. The number of methoxy groups -OCH3 is 1. The van der Waals surface area contributed by atoms with Gasteiger partial charge in [-0.2, -0.15) is 0 Å². The fraction of sp³-hybridized carbons (Fsp3) is 0.286. The van der Waals surface area contributed by atoms with Crippen LogP contribution in [0.4, 0.5) is 4.39 Å². The van der Waals surface area contributed by atoms with E-state index in [9.17, 15) is 12.8 Å². The van der Waals surface area contributed by atoms with Crippen molar-refractivity contribution in [2.24, 2.45) is 0 Å². The van der Waals surface area contributed by atoms with Crippen LogP contribution in [-0.2, 0) is 16.4 Å². The minimum Gasteiger partial charge on any atom is -0.494 e. The Hall–Kier alpha value is -1.86. The number of rotatable bonds is 6. The van der Waals surface area contributed by atoms with Gasteiger partial charge in [0.05, 0.1) is 24.5 Å². The first kappa shape index (κ1) is 15.5. The Balaban J connectivity index is 2.12. The molecule has 1 N–H and O–H groups in total. The summed E-state index contributed by atoms with van der Waals surface area (Å²) >= 11 is 0. The molecule has 0 amide bonds. The van der Waals surface area contributed by atoms with Gasteiger partial charge in [-0.3, -0.25) is 0 Å². The highest BCUT2D eigenvalue weighted by Gasteiger charge is 2.19. The summed E-state index contributed by atoms with van der Waals surface area (Å²) in [5.41, 5.74) is 0.881. The van der Waals surface area contributed by atoms with Crippen molar-refractivity contribution in [2.75, 3.05) is 7.11 Å². The molecule has 0 bridgehead atoms. The Morgan fingerprint density at radius 2 is 2.14 bits per heavy atom. The van der Waals surface area contributed by atoms with Gasteiger partial charge in [-0.25, -0.2) is 17.5 Å². The van der Waals surface area contributed by atoms with E-state index in [0.29, 0.717) is 6.42 Å². The molecule has 1 unspecified atom stereocenters. The van der Waals surface area contributed by atoms with E-state index in [-0.39, 0.29) is 16.7 Å².